The molecule has 0 radical (unpaired) electrons. The molecule has 2 aliphatic carbocycles. The maximum atomic E-state index is 12.3. The number of carbonyl (C=O) groups is 3. The van der Waals surface area contributed by atoms with Gasteiger partial charge in [0.2, 0.25) is 5.91 Å². The zero-order valence-corrected chi connectivity index (χ0v) is 14.2. The van der Waals surface area contributed by atoms with Crippen molar-refractivity contribution in [3.05, 3.63) is 29.8 Å². The standard InChI is InChI=1S/C19H24N2O4/c22-16(12-19(18(24)25)10-2-1-3-11-19)20-14-6-4-13(5-7-14)17(23)21-15-8-9-15/h4-7,15H,1-3,8-12H2,(H,20,22)(H,21,23)(H,24,25). The van der Waals surface area contributed by atoms with Gasteiger partial charge in [-0.2, -0.15) is 0 Å². The van der Waals surface area contributed by atoms with Gasteiger partial charge in [-0.05, 0) is 49.9 Å². The second-order valence-corrected chi connectivity index (χ2v) is 7.20. The highest BCUT2D eigenvalue weighted by Gasteiger charge is 2.41. The van der Waals surface area contributed by atoms with Crippen molar-refractivity contribution < 1.29 is 19.5 Å². The average molecular weight is 344 g/mol. The fourth-order valence-corrected chi connectivity index (χ4v) is 3.41. The van der Waals surface area contributed by atoms with Gasteiger partial charge in [-0.3, -0.25) is 14.4 Å². The van der Waals surface area contributed by atoms with Crippen molar-refractivity contribution in [1.29, 1.82) is 0 Å². The summed E-state index contributed by atoms with van der Waals surface area (Å²) in [4.78, 5) is 35.9. The number of nitrogens with one attached hydrogen (secondary N) is 2. The van der Waals surface area contributed by atoms with E-state index in [1.54, 1.807) is 24.3 Å². The topological polar surface area (TPSA) is 95.5 Å². The molecule has 0 unspecified atom stereocenters. The van der Waals surface area contributed by atoms with E-state index in [9.17, 15) is 19.5 Å². The lowest BCUT2D eigenvalue weighted by Crippen LogP contribution is -2.37. The van der Waals surface area contributed by atoms with Gasteiger partial charge >= 0.3 is 5.97 Å². The number of amides is 2. The van der Waals surface area contributed by atoms with Crippen LogP contribution in [-0.2, 0) is 9.59 Å². The summed E-state index contributed by atoms with van der Waals surface area (Å²) in [6, 6.07) is 6.98. The molecule has 0 spiro atoms. The molecule has 3 rings (SSSR count). The molecule has 25 heavy (non-hydrogen) atoms. The van der Waals surface area contributed by atoms with E-state index >= 15 is 0 Å². The third-order valence-corrected chi connectivity index (χ3v) is 5.11. The van der Waals surface area contributed by atoms with Crippen LogP contribution in [-0.4, -0.2) is 28.9 Å². The number of carbonyl (C=O) groups excluding carboxylic acids is 2. The van der Waals surface area contributed by atoms with Crippen LogP contribution in [0.3, 0.4) is 0 Å². The molecule has 3 N–H and O–H groups in total. The van der Waals surface area contributed by atoms with Crippen molar-refractivity contribution >= 4 is 23.5 Å². The second-order valence-electron chi connectivity index (χ2n) is 7.20. The highest BCUT2D eigenvalue weighted by Crippen LogP contribution is 2.39. The molecule has 0 aromatic heterocycles. The number of carboxylic acid groups (broad SMARTS) is 1. The third kappa shape index (κ3) is 4.38. The van der Waals surface area contributed by atoms with Gasteiger partial charge in [0, 0.05) is 23.7 Å². The molecule has 134 valence electrons. The number of hydrogen-bond acceptors (Lipinski definition) is 3. The van der Waals surface area contributed by atoms with Gasteiger partial charge < -0.3 is 15.7 Å². The smallest absolute Gasteiger partial charge is 0.310 e. The molecule has 0 atom stereocenters. The molecule has 6 heteroatoms. The molecular formula is C19H24N2O4. The molecule has 2 amide bonds. The van der Waals surface area contributed by atoms with Crippen LogP contribution in [0.5, 0.6) is 0 Å². The summed E-state index contributed by atoms with van der Waals surface area (Å²) < 4.78 is 0. The molecule has 0 aliphatic heterocycles. The first kappa shape index (κ1) is 17.5. The SMILES string of the molecule is O=C(CC1(C(=O)O)CCCCC1)Nc1ccc(C(=O)NC2CC2)cc1. The zero-order chi connectivity index (χ0) is 17.9. The molecule has 2 aliphatic rings. The maximum Gasteiger partial charge on any atom is 0.310 e. The predicted molar refractivity (Wildman–Crippen MR) is 93.3 cm³/mol. The highest BCUT2D eigenvalue weighted by atomic mass is 16.4. The van der Waals surface area contributed by atoms with Crippen LogP contribution in [0.15, 0.2) is 24.3 Å². The molecule has 1 aromatic rings. The third-order valence-electron chi connectivity index (χ3n) is 5.11. The van der Waals surface area contributed by atoms with E-state index in [1.807, 2.05) is 0 Å². The average Bonchev–Trinajstić information content (AvgIpc) is 3.40. The quantitative estimate of drug-likeness (QED) is 0.739. The van der Waals surface area contributed by atoms with Gasteiger partial charge in [-0.25, -0.2) is 0 Å². The van der Waals surface area contributed by atoms with Gasteiger partial charge in [0.25, 0.3) is 5.91 Å². The van der Waals surface area contributed by atoms with Crippen LogP contribution in [0.25, 0.3) is 0 Å². The Hall–Kier alpha value is -2.37. The first-order valence-corrected chi connectivity index (χ1v) is 8.93. The number of hydrogen-bond donors (Lipinski definition) is 3. The van der Waals surface area contributed by atoms with Crippen molar-refractivity contribution in [2.45, 2.75) is 57.4 Å². The fraction of sp³-hybridized carbons (Fsp3) is 0.526. The zero-order valence-electron chi connectivity index (χ0n) is 14.2. The van der Waals surface area contributed by atoms with E-state index < -0.39 is 11.4 Å². The first-order valence-electron chi connectivity index (χ1n) is 8.93. The van der Waals surface area contributed by atoms with Crippen molar-refractivity contribution in [2.75, 3.05) is 5.32 Å². The van der Waals surface area contributed by atoms with Crippen LogP contribution in [0.4, 0.5) is 5.69 Å². The number of anilines is 1. The lowest BCUT2D eigenvalue weighted by molar-refractivity contribution is -0.153. The van der Waals surface area contributed by atoms with Gasteiger partial charge in [-0.15, -0.1) is 0 Å². The Balaban J connectivity index is 1.58. The molecular weight excluding hydrogens is 320 g/mol. The monoisotopic (exact) mass is 344 g/mol. The van der Waals surface area contributed by atoms with Crippen LogP contribution in [0.2, 0.25) is 0 Å². The predicted octanol–water partition coefficient (Wildman–Crippen LogP) is 2.94. The summed E-state index contributed by atoms with van der Waals surface area (Å²) >= 11 is 0. The largest absolute Gasteiger partial charge is 0.481 e. The summed E-state index contributed by atoms with van der Waals surface area (Å²) in [5.74, 6) is -1.28. The number of rotatable bonds is 6. The van der Waals surface area contributed by atoms with Crippen molar-refractivity contribution in [2.24, 2.45) is 5.41 Å². The molecule has 1 aromatic carbocycles. The minimum absolute atomic E-state index is 0.00769. The minimum Gasteiger partial charge on any atom is -0.481 e. The maximum absolute atomic E-state index is 12.3. The van der Waals surface area contributed by atoms with Crippen LogP contribution in [0.1, 0.15) is 61.7 Å². The molecule has 6 nitrogen and oxygen atoms in total. The molecule has 0 heterocycles. The summed E-state index contributed by atoms with van der Waals surface area (Å²) in [5, 5.41) is 15.2. The van der Waals surface area contributed by atoms with E-state index in [0.29, 0.717) is 30.1 Å². The van der Waals surface area contributed by atoms with Gasteiger partial charge in [0.05, 0.1) is 5.41 Å². The number of benzene rings is 1. The Morgan fingerprint density at radius 1 is 1.04 bits per heavy atom. The first-order chi connectivity index (χ1) is 12.0. The lowest BCUT2D eigenvalue weighted by atomic mass is 9.71. The Kier molecular flexibility index (Phi) is 5.06. The summed E-state index contributed by atoms with van der Waals surface area (Å²) in [7, 11) is 0. The summed E-state index contributed by atoms with van der Waals surface area (Å²) in [5.41, 5.74) is 0.190. The Morgan fingerprint density at radius 3 is 2.24 bits per heavy atom. The van der Waals surface area contributed by atoms with Crippen LogP contribution in [0, 0.1) is 5.41 Å². The van der Waals surface area contributed by atoms with Gasteiger partial charge in [0.1, 0.15) is 0 Å². The number of carboxylic acids is 1. The van der Waals surface area contributed by atoms with Crippen molar-refractivity contribution in [3.8, 4) is 0 Å². The van der Waals surface area contributed by atoms with E-state index in [1.165, 1.54) is 0 Å². The molecule has 2 saturated carbocycles. The second kappa shape index (κ2) is 7.25. The van der Waals surface area contributed by atoms with Crippen molar-refractivity contribution in [1.82, 2.24) is 5.32 Å². The fourth-order valence-electron chi connectivity index (χ4n) is 3.41. The molecule has 0 saturated heterocycles. The molecule has 2 fully saturated rings. The van der Waals surface area contributed by atoms with E-state index in [2.05, 4.69) is 10.6 Å². The Labute approximate surface area is 147 Å². The van der Waals surface area contributed by atoms with Crippen LogP contribution < -0.4 is 10.6 Å². The van der Waals surface area contributed by atoms with Crippen LogP contribution >= 0.6 is 0 Å². The molecule has 0 bridgehead atoms. The Morgan fingerprint density at radius 2 is 1.68 bits per heavy atom. The minimum atomic E-state index is -0.938. The lowest BCUT2D eigenvalue weighted by Gasteiger charge is -2.32. The normalized spacial score (nSPS) is 19.0. The van der Waals surface area contributed by atoms with E-state index in [-0.39, 0.29) is 18.2 Å². The van der Waals surface area contributed by atoms with Gasteiger partial charge in [-0.1, -0.05) is 19.3 Å². The van der Waals surface area contributed by atoms with E-state index in [4.69, 9.17) is 0 Å². The summed E-state index contributed by atoms with van der Waals surface area (Å²) in [6.45, 7) is 0. The van der Waals surface area contributed by atoms with Crippen molar-refractivity contribution in [3.63, 3.8) is 0 Å². The summed E-state index contributed by atoms with van der Waals surface area (Å²) in [6.07, 6.45) is 5.89. The van der Waals surface area contributed by atoms with Gasteiger partial charge in [0.15, 0.2) is 0 Å². The number of aliphatic carboxylic acids is 1. The van der Waals surface area contributed by atoms with E-state index in [0.717, 1.165) is 32.1 Å². The Bertz CT molecular complexity index is 659. The highest BCUT2D eigenvalue weighted by molar-refractivity contribution is 5.97.